The van der Waals surface area contributed by atoms with Crippen LogP contribution < -0.4 is 5.32 Å². The smallest absolute Gasteiger partial charge is 0.348 e. The molecule has 1 N–H and O–H groups in total. The molecule has 0 saturated carbocycles. The van der Waals surface area contributed by atoms with Crippen LogP contribution in [0.5, 0.6) is 0 Å². The summed E-state index contributed by atoms with van der Waals surface area (Å²) < 4.78 is 27.4. The van der Waals surface area contributed by atoms with Crippen LogP contribution >= 0.6 is 23.5 Å². The molecule has 1 amide bonds. The van der Waals surface area contributed by atoms with Gasteiger partial charge in [0.15, 0.2) is 17.3 Å². The normalized spacial score (nSPS) is 22.6. The Labute approximate surface area is 258 Å². The van der Waals surface area contributed by atoms with E-state index in [1.807, 2.05) is 0 Å². The van der Waals surface area contributed by atoms with E-state index in [1.54, 1.807) is 0 Å². The molecule has 17 heteroatoms. The Balaban J connectivity index is 3.50. The lowest BCUT2D eigenvalue weighted by Crippen LogP contribution is -2.67. The van der Waals surface area contributed by atoms with Gasteiger partial charge in [0.05, 0.1) is 19.2 Å². The SMILES string of the molecule is COC(=O)[C@@]1(SCCCCCCSC(C)=O)C[C@H](N=[N+]=[N-])[C@@H](NC(C)=O)[C@H]([C@@H](OC(C)=O)[C@H](COC(C)=O)OC(C)=O)O1. The number of azide groups is 1. The summed E-state index contributed by atoms with van der Waals surface area (Å²) in [5, 5.41) is 6.52. The lowest BCUT2D eigenvalue weighted by atomic mass is 9.88. The molecule has 0 unspecified atom stereocenters. The van der Waals surface area contributed by atoms with Crippen molar-refractivity contribution in [3.05, 3.63) is 10.4 Å². The van der Waals surface area contributed by atoms with Crippen molar-refractivity contribution in [2.24, 2.45) is 5.11 Å². The average Bonchev–Trinajstić information content (AvgIpc) is 2.91. The number of methoxy groups -OCH3 is 1. The van der Waals surface area contributed by atoms with Crippen LogP contribution in [0.15, 0.2) is 5.11 Å². The van der Waals surface area contributed by atoms with E-state index in [-0.39, 0.29) is 11.5 Å². The third kappa shape index (κ3) is 13.4. The van der Waals surface area contributed by atoms with E-state index in [0.717, 1.165) is 58.9 Å². The fraction of sp³-hybridized carbons (Fsp3) is 0.769. The monoisotopic (exact) mass is 648 g/mol. The first-order chi connectivity index (χ1) is 20.3. The third-order valence-electron chi connectivity index (χ3n) is 6.08. The van der Waals surface area contributed by atoms with Crippen LogP contribution in [0.2, 0.25) is 0 Å². The van der Waals surface area contributed by atoms with Gasteiger partial charge >= 0.3 is 23.9 Å². The highest BCUT2D eigenvalue weighted by molar-refractivity contribution is 8.13. The molecule has 0 aromatic heterocycles. The van der Waals surface area contributed by atoms with Crippen LogP contribution in [-0.4, -0.2) is 95.5 Å². The molecule has 0 bridgehead atoms. The molecule has 1 aliphatic heterocycles. The number of unbranched alkanes of at least 4 members (excludes halogenated alkanes) is 3. The first-order valence-corrected chi connectivity index (χ1v) is 15.6. The van der Waals surface area contributed by atoms with Crippen LogP contribution in [0.3, 0.4) is 0 Å². The highest BCUT2D eigenvalue weighted by Crippen LogP contribution is 2.43. The molecule has 0 aromatic rings. The largest absolute Gasteiger partial charge is 0.466 e. The number of carbonyl (C=O) groups excluding carboxylic acids is 6. The maximum absolute atomic E-state index is 13.3. The molecule has 0 spiro atoms. The molecule has 0 aliphatic carbocycles. The van der Waals surface area contributed by atoms with Gasteiger partial charge in [-0.25, -0.2) is 4.79 Å². The second-order valence-corrected chi connectivity index (χ2v) is 12.3. The highest BCUT2D eigenvalue weighted by Gasteiger charge is 2.57. The zero-order chi connectivity index (χ0) is 32.6. The minimum atomic E-state index is -1.78. The molecule has 1 heterocycles. The number of thioether (sulfide) groups is 2. The lowest BCUT2D eigenvalue weighted by Gasteiger charge is -2.48. The summed E-state index contributed by atoms with van der Waals surface area (Å²) in [5.41, 5.74) is 9.38. The van der Waals surface area contributed by atoms with Crippen molar-refractivity contribution < 1.29 is 52.5 Å². The summed E-state index contributed by atoms with van der Waals surface area (Å²) in [7, 11) is 1.16. The summed E-state index contributed by atoms with van der Waals surface area (Å²) in [6, 6.07) is -2.27. The molecule has 15 nitrogen and oxygen atoms in total. The fourth-order valence-electron chi connectivity index (χ4n) is 4.43. The van der Waals surface area contributed by atoms with Gasteiger partial charge in [0.25, 0.3) is 0 Å². The quantitative estimate of drug-likeness (QED) is 0.0601. The summed E-state index contributed by atoms with van der Waals surface area (Å²) >= 11 is 2.36. The molecule has 43 heavy (non-hydrogen) atoms. The number of ether oxygens (including phenoxy) is 5. The fourth-order valence-corrected chi connectivity index (χ4v) is 6.41. The van der Waals surface area contributed by atoms with Crippen LogP contribution in [-0.2, 0) is 52.5 Å². The van der Waals surface area contributed by atoms with Gasteiger partial charge in [-0.15, -0.1) is 11.8 Å². The first kappa shape index (κ1) is 38.0. The molecular formula is C26H40N4O11S2. The van der Waals surface area contributed by atoms with E-state index >= 15 is 0 Å². The predicted octanol–water partition coefficient (Wildman–Crippen LogP) is 2.83. The molecule has 1 aliphatic rings. The van der Waals surface area contributed by atoms with E-state index in [4.69, 9.17) is 23.7 Å². The number of amides is 1. The number of nitrogens with zero attached hydrogens (tertiary/aromatic N) is 3. The summed E-state index contributed by atoms with van der Waals surface area (Å²) in [5.74, 6) is -2.59. The van der Waals surface area contributed by atoms with Crippen LogP contribution in [0.4, 0.5) is 0 Å². The number of nitrogens with one attached hydrogen (secondary N) is 1. The number of esters is 4. The minimum Gasteiger partial charge on any atom is -0.466 e. The second-order valence-electron chi connectivity index (χ2n) is 9.66. The zero-order valence-electron chi connectivity index (χ0n) is 25.2. The molecule has 0 radical (unpaired) electrons. The highest BCUT2D eigenvalue weighted by atomic mass is 32.2. The topological polar surface area (TPSA) is 209 Å². The number of rotatable bonds is 17. The summed E-state index contributed by atoms with van der Waals surface area (Å²) in [6.45, 7) is 5.48. The van der Waals surface area contributed by atoms with E-state index in [2.05, 4.69) is 15.3 Å². The van der Waals surface area contributed by atoms with Crippen molar-refractivity contribution in [3.8, 4) is 0 Å². The molecule has 0 aromatic carbocycles. The van der Waals surface area contributed by atoms with Gasteiger partial charge in [-0.1, -0.05) is 29.7 Å². The summed E-state index contributed by atoms with van der Waals surface area (Å²) in [6.07, 6.45) is -1.44. The van der Waals surface area contributed by atoms with Gasteiger partial charge in [0.2, 0.25) is 10.8 Å². The van der Waals surface area contributed by atoms with Gasteiger partial charge < -0.3 is 29.0 Å². The third-order valence-corrected chi connectivity index (χ3v) is 8.37. The van der Waals surface area contributed by atoms with Crippen molar-refractivity contribution in [3.63, 3.8) is 0 Å². The Kier molecular flexibility index (Phi) is 17.1. The van der Waals surface area contributed by atoms with Crippen LogP contribution in [0.1, 0.15) is 66.7 Å². The minimum absolute atomic E-state index is 0.0579. The summed E-state index contributed by atoms with van der Waals surface area (Å²) in [4.78, 5) is 73.6. The maximum atomic E-state index is 13.3. The van der Waals surface area contributed by atoms with Crippen molar-refractivity contribution in [2.45, 2.75) is 102 Å². The first-order valence-electron chi connectivity index (χ1n) is 13.6. The number of carbonyl (C=O) groups is 6. The van der Waals surface area contributed by atoms with E-state index in [0.29, 0.717) is 17.9 Å². The zero-order valence-corrected chi connectivity index (χ0v) is 26.8. The molecule has 1 fully saturated rings. The predicted molar refractivity (Wildman–Crippen MR) is 157 cm³/mol. The Morgan fingerprint density at radius 3 is 2.12 bits per heavy atom. The number of hydrogen-bond donors (Lipinski definition) is 1. The molecule has 6 atom stereocenters. The van der Waals surface area contributed by atoms with Crippen molar-refractivity contribution in [1.29, 1.82) is 0 Å². The van der Waals surface area contributed by atoms with Gasteiger partial charge in [-0.05, 0) is 24.1 Å². The van der Waals surface area contributed by atoms with Gasteiger partial charge in [0.1, 0.15) is 12.7 Å². The van der Waals surface area contributed by atoms with Gasteiger partial charge in [-0.2, -0.15) is 0 Å². The Bertz CT molecular complexity index is 1060. The lowest BCUT2D eigenvalue weighted by molar-refractivity contribution is -0.211. The molecule has 1 rings (SSSR count). The van der Waals surface area contributed by atoms with Crippen molar-refractivity contribution in [2.75, 3.05) is 25.2 Å². The number of hydrogen-bond acceptors (Lipinski definition) is 14. The van der Waals surface area contributed by atoms with Crippen molar-refractivity contribution in [1.82, 2.24) is 5.32 Å². The Morgan fingerprint density at radius 2 is 1.60 bits per heavy atom. The van der Waals surface area contributed by atoms with Crippen LogP contribution in [0.25, 0.3) is 10.4 Å². The maximum Gasteiger partial charge on any atom is 0.348 e. The average molecular weight is 649 g/mol. The standard InChI is InChI=1S/C26H40N4O11S2/c1-15(31)28-22-20(29-30-27)13-26(25(36)37-6,43-12-10-8-7-9-11-42-19(5)35)41-24(22)23(40-18(4)34)21(39-17(3)33)14-38-16(2)32/h20-24H,7-14H2,1-6H3,(H,28,31)/t20-,21-,22+,23-,24+,26-/m0/s1. The van der Waals surface area contributed by atoms with Gasteiger partial charge in [-0.3, -0.25) is 24.0 Å². The Hall–Kier alpha value is -3.01. The van der Waals surface area contributed by atoms with Gasteiger partial charge in [0, 0.05) is 51.7 Å². The van der Waals surface area contributed by atoms with E-state index in [1.165, 1.54) is 25.6 Å². The molecule has 1 saturated heterocycles. The van der Waals surface area contributed by atoms with Crippen molar-refractivity contribution >= 4 is 58.4 Å². The van der Waals surface area contributed by atoms with Crippen LogP contribution in [0, 0.1) is 0 Å². The van der Waals surface area contributed by atoms with E-state index < -0.39 is 71.7 Å². The Morgan fingerprint density at radius 1 is 0.977 bits per heavy atom. The second kappa shape index (κ2) is 19.3. The molecule has 242 valence electrons. The van der Waals surface area contributed by atoms with E-state index in [9.17, 15) is 34.3 Å². The molecular weight excluding hydrogens is 608 g/mol.